The number of nitrogens with zero attached hydrogens (tertiary/aromatic N) is 3. The highest BCUT2D eigenvalue weighted by molar-refractivity contribution is 5.93. The third-order valence-corrected chi connectivity index (χ3v) is 3.91. The molecule has 0 spiro atoms. The number of ether oxygens (including phenoxy) is 1. The van der Waals surface area contributed by atoms with Crippen molar-refractivity contribution in [1.29, 1.82) is 0 Å². The minimum Gasteiger partial charge on any atom is -0.381 e. The number of aromatic nitrogens is 3. The number of hydrogen-bond donors (Lipinski definition) is 1. The van der Waals surface area contributed by atoms with Gasteiger partial charge < -0.3 is 10.1 Å². The van der Waals surface area contributed by atoms with Crippen LogP contribution in [0.2, 0.25) is 0 Å². The summed E-state index contributed by atoms with van der Waals surface area (Å²) >= 11 is 0. The van der Waals surface area contributed by atoms with Gasteiger partial charge in [-0.2, -0.15) is 0 Å². The Morgan fingerprint density at radius 2 is 2.26 bits per heavy atom. The van der Waals surface area contributed by atoms with Crippen LogP contribution in [0.1, 0.15) is 46.3 Å². The van der Waals surface area contributed by atoms with Crippen molar-refractivity contribution >= 4 is 5.91 Å². The fourth-order valence-electron chi connectivity index (χ4n) is 2.63. The predicted octanol–water partition coefficient (Wildman–Crippen LogP) is 2.00. The summed E-state index contributed by atoms with van der Waals surface area (Å²) in [6, 6.07) is 5.50. The van der Waals surface area contributed by atoms with Crippen LogP contribution in [0.4, 0.5) is 0 Å². The largest absolute Gasteiger partial charge is 0.381 e. The molecule has 1 unspecified atom stereocenters. The summed E-state index contributed by atoms with van der Waals surface area (Å²) in [6.45, 7) is 3.71. The standard InChI is InChI=1S/C17H20N4O2/c1-12-4-2-7-18-15(12)17(22)20-10-14-6-8-19-16(21-14)13-5-3-9-23-11-13/h2,4,6-8,13H,3,5,9-11H2,1H3,(H,20,22). The molecule has 1 aliphatic heterocycles. The molecule has 1 N–H and O–H groups in total. The van der Waals surface area contributed by atoms with Crippen molar-refractivity contribution in [3.05, 3.63) is 53.4 Å². The Hall–Kier alpha value is -2.34. The molecule has 3 rings (SSSR count). The number of aryl methyl sites for hydroxylation is 1. The first kappa shape index (κ1) is 15.6. The second kappa shape index (κ2) is 7.28. The number of amides is 1. The second-order valence-corrected chi connectivity index (χ2v) is 5.67. The molecule has 1 amide bonds. The maximum absolute atomic E-state index is 12.2. The van der Waals surface area contributed by atoms with Crippen LogP contribution in [0, 0.1) is 6.92 Å². The lowest BCUT2D eigenvalue weighted by atomic mass is 10.0. The third-order valence-electron chi connectivity index (χ3n) is 3.91. The summed E-state index contributed by atoms with van der Waals surface area (Å²) in [5, 5.41) is 2.86. The minimum atomic E-state index is -0.190. The van der Waals surface area contributed by atoms with Crippen molar-refractivity contribution in [2.75, 3.05) is 13.2 Å². The fourth-order valence-corrected chi connectivity index (χ4v) is 2.63. The highest BCUT2D eigenvalue weighted by Gasteiger charge is 2.19. The first-order valence-electron chi connectivity index (χ1n) is 7.83. The molecule has 0 aliphatic carbocycles. The van der Waals surface area contributed by atoms with Gasteiger partial charge in [0.25, 0.3) is 5.91 Å². The molecule has 6 heteroatoms. The average Bonchev–Trinajstić information content (AvgIpc) is 2.61. The molecule has 0 bridgehead atoms. The van der Waals surface area contributed by atoms with Crippen molar-refractivity contribution in [3.8, 4) is 0 Å². The van der Waals surface area contributed by atoms with E-state index in [0.717, 1.165) is 36.5 Å². The fraction of sp³-hybridized carbons (Fsp3) is 0.412. The van der Waals surface area contributed by atoms with Crippen LogP contribution >= 0.6 is 0 Å². The Morgan fingerprint density at radius 1 is 1.35 bits per heavy atom. The van der Waals surface area contributed by atoms with E-state index < -0.39 is 0 Å². The van der Waals surface area contributed by atoms with Crippen LogP contribution in [-0.4, -0.2) is 34.1 Å². The zero-order valence-corrected chi connectivity index (χ0v) is 13.2. The summed E-state index contributed by atoms with van der Waals surface area (Å²) in [5.41, 5.74) is 2.10. The molecule has 2 aromatic heterocycles. The molecule has 23 heavy (non-hydrogen) atoms. The van der Waals surface area contributed by atoms with E-state index >= 15 is 0 Å². The molecule has 3 heterocycles. The maximum atomic E-state index is 12.2. The Bertz CT molecular complexity index is 684. The molecule has 1 atom stereocenters. The van der Waals surface area contributed by atoms with Crippen LogP contribution in [0.5, 0.6) is 0 Å². The van der Waals surface area contributed by atoms with Gasteiger partial charge >= 0.3 is 0 Å². The van der Waals surface area contributed by atoms with E-state index in [1.807, 2.05) is 25.1 Å². The first-order valence-corrected chi connectivity index (χ1v) is 7.83. The van der Waals surface area contributed by atoms with E-state index in [1.54, 1.807) is 12.4 Å². The van der Waals surface area contributed by atoms with Crippen LogP contribution in [0.3, 0.4) is 0 Å². The lowest BCUT2D eigenvalue weighted by molar-refractivity contribution is 0.0779. The number of carbonyl (C=O) groups excluding carboxylic acids is 1. The zero-order valence-electron chi connectivity index (χ0n) is 13.2. The summed E-state index contributed by atoms with van der Waals surface area (Å²) in [7, 11) is 0. The summed E-state index contributed by atoms with van der Waals surface area (Å²) in [4.78, 5) is 25.2. The average molecular weight is 312 g/mol. The monoisotopic (exact) mass is 312 g/mol. The lowest BCUT2D eigenvalue weighted by Crippen LogP contribution is -2.25. The number of hydrogen-bond acceptors (Lipinski definition) is 5. The van der Waals surface area contributed by atoms with Gasteiger partial charge in [0.15, 0.2) is 0 Å². The van der Waals surface area contributed by atoms with Crippen LogP contribution in [-0.2, 0) is 11.3 Å². The Labute approximate surface area is 135 Å². The molecule has 1 fully saturated rings. The first-order chi connectivity index (χ1) is 11.2. The second-order valence-electron chi connectivity index (χ2n) is 5.67. The van der Waals surface area contributed by atoms with Crippen molar-refractivity contribution < 1.29 is 9.53 Å². The number of nitrogens with one attached hydrogen (secondary N) is 1. The van der Waals surface area contributed by atoms with E-state index in [4.69, 9.17) is 4.74 Å². The molecule has 0 saturated carbocycles. The topological polar surface area (TPSA) is 77.0 Å². The predicted molar refractivity (Wildman–Crippen MR) is 85.0 cm³/mol. The quantitative estimate of drug-likeness (QED) is 0.934. The van der Waals surface area contributed by atoms with Gasteiger partial charge in [-0.3, -0.25) is 9.78 Å². The zero-order chi connectivity index (χ0) is 16.1. The smallest absolute Gasteiger partial charge is 0.270 e. The Balaban J connectivity index is 1.64. The van der Waals surface area contributed by atoms with Crippen molar-refractivity contribution in [1.82, 2.24) is 20.3 Å². The van der Waals surface area contributed by atoms with Crippen molar-refractivity contribution in [3.63, 3.8) is 0 Å². The van der Waals surface area contributed by atoms with Gasteiger partial charge in [0, 0.05) is 24.9 Å². The van der Waals surface area contributed by atoms with E-state index in [-0.39, 0.29) is 11.8 Å². The molecule has 1 aliphatic rings. The van der Waals surface area contributed by atoms with Crippen LogP contribution in [0.15, 0.2) is 30.6 Å². The molecular formula is C17H20N4O2. The van der Waals surface area contributed by atoms with Gasteiger partial charge in [-0.1, -0.05) is 6.07 Å². The SMILES string of the molecule is Cc1cccnc1C(=O)NCc1ccnc(C2CCCOC2)n1. The van der Waals surface area contributed by atoms with Crippen LogP contribution in [0.25, 0.3) is 0 Å². The van der Waals surface area contributed by atoms with Gasteiger partial charge in [-0.25, -0.2) is 9.97 Å². The number of rotatable bonds is 4. The number of carbonyl (C=O) groups is 1. The molecule has 120 valence electrons. The van der Waals surface area contributed by atoms with E-state index in [2.05, 4.69) is 20.3 Å². The van der Waals surface area contributed by atoms with E-state index in [1.165, 1.54) is 0 Å². The Morgan fingerprint density at radius 3 is 3.04 bits per heavy atom. The summed E-state index contributed by atoms with van der Waals surface area (Å²) in [6.07, 6.45) is 5.44. The molecule has 0 radical (unpaired) electrons. The van der Waals surface area contributed by atoms with Crippen molar-refractivity contribution in [2.24, 2.45) is 0 Å². The molecule has 0 aromatic carbocycles. The Kier molecular flexibility index (Phi) is 4.92. The summed E-state index contributed by atoms with van der Waals surface area (Å²) in [5.74, 6) is 0.854. The van der Waals surface area contributed by atoms with E-state index in [9.17, 15) is 4.79 Å². The van der Waals surface area contributed by atoms with Gasteiger partial charge in [-0.15, -0.1) is 0 Å². The van der Waals surface area contributed by atoms with Gasteiger partial charge in [0.2, 0.25) is 0 Å². The molecule has 1 saturated heterocycles. The van der Waals surface area contributed by atoms with Gasteiger partial charge in [0.05, 0.1) is 18.8 Å². The molecular weight excluding hydrogens is 292 g/mol. The number of pyridine rings is 1. The van der Waals surface area contributed by atoms with Gasteiger partial charge in [-0.05, 0) is 37.5 Å². The molecule has 6 nitrogen and oxygen atoms in total. The third kappa shape index (κ3) is 3.90. The van der Waals surface area contributed by atoms with E-state index in [0.29, 0.717) is 18.8 Å². The lowest BCUT2D eigenvalue weighted by Gasteiger charge is -2.20. The molecule has 2 aromatic rings. The highest BCUT2D eigenvalue weighted by Crippen LogP contribution is 2.22. The highest BCUT2D eigenvalue weighted by atomic mass is 16.5. The summed E-state index contributed by atoms with van der Waals surface area (Å²) < 4.78 is 5.49. The normalized spacial score (nSPS) is 17.7. The maximum Gasteiger partial charge on any atom is 0.270 e. The minimum absolute atomic E-state index is 0.190. The van der Waals surface area contributed by atoms with Gasteiger partial charge in [0.1, 0.15) is 11.5 Å². The van der Waals surface area contributed by atoms with Crippen LogP contribution < -0.4 is 5.32 Å². The van der Waals surface area contributed by atoms with Crippen molar-refractivity contribution in [2.45, 2.75) is 32.2 Å².